The molecule has 0 spiro atoms. The van der Waals surface area contributed by atoms with E-state index in [0.29, 0.717) is 6.04 Å². The second kappa shape index (κ2) is 6.06. The topological polar surface area (TPSA) is 29.3 Å². The normalized spacial score (nSPS) is 17.3. The summed E-state index contributed by atoms with van der Waals surface area (Å²) in [7, 11) is 2.18. The molecule has 0 saturated heterocycles. The first-order chi connectivity index (χ1) is 8.64. The summed E-state index contributed by atoms with van der Waals surface area (Å²) in [4.78, 5) is 2.41. The van der Waals surface area contributed by atoms with Crippen LogP contribution in [0.1, 0.15) is 51.8 Å². The van der Waals surface area contributed by atoms with Gasteiger partial charge in [0, 0.05) is 18.1 Å². The molecule has 1 aromatic carbocycles. The summed E-state index contributed by atoms with van der Waals surface area (Å²) in [6, 6.07) is 9.57. The van der Waals surface area contributed by atoms with Gasteiger partial charge < -0.3 is 5.73 Å². The van der Waals surface area contributed by atoms with Crippen LogP contribution in [0.5, 0.6) is 0 Å². The quantitative estimate of drug-likeness (QED) is 0.895. The van der Waals surface area contributed by atoms with Crippen LogP contribution in [0.15, 0.2) is 24.3 Å². The Morgan fingerprint density at radius 2 is 1.53 bits per heavy atom. The molecule has 2 nitrogen and oxygen atoms in total. The summed E-state index contributed by atoms with van der Waals surface area (Å²) in [6.07, 6.45) is 0. The van der Waals surface area contributed by atoms with E-state index < -0.39 is 0 Å². The third-order valence-electron chi connectivity index (χ3n) is 4.22. The Hall–Kier alpha value is -0.860. The Bertz CT molecular complexity index is 387. The highest BCUT2D eigenvalue weighted by Gasteiger charge is 2.31. The van der Waals surface area contributed by atoms with Gasteiger partial charge in [0.2, 0.25) is 0 Å². The Morgan fingerprint density at radius 3 is 1.89 bits per heavy atom. The van der Waals surface area contributed by atoms with Gasteiger partial charge in [-0.25, -0.2) is 0 Å². The minimum Gasteiger partial charge on any atom is -0.326 e. The predicted octanol–water partition coefficient (Wildman–Crippen LogP) is 3.75. The number of likely N-dealkylation sites (N-methyl/N-ethyl adjacent to an activating group) is 1. The lowest BCUT2D eigenvalue weighted by atomic mass is 9.85. The minimum atomic E-state index is 0.109. The Kier molecular flexibility index (Phi) is 5.17. The van der Waals surface area contributed by atoms with E-state index in [2.05, 4.69) is 77.8 Å². The van der Waals surface area contributed by atoms with Crippen molar-refractivity contribution in [2.24, 2.45) is 11.1 Å². The molecule has 0 bridgehead atoms. The molecule has 0 heterocycles. The monoisotopic (exact) mass is 262 g/mol. The van der Waals surface area contributed by atoms with Crippen molar-refractivity contribution in [2.75, 3.05) is 7.05 Å². The van der Waals surface area contributed by atoms with Crippen molar-refractivity contribution in [1.82, 2.24) is 4.90 Å². The van der Waals surface area contributed by atoms with Crippen LogP contribution < -0.4 is 5.73 Å². The molecule has 3 atom stereocenters. The van der Waals surface area contributed by atoms with E-state index in [1.54, 1.807) is 0 Å². The zero-order chi connectivity index (χ0) is 14.8. The third kappa shape index (κ3) is 4.05. The van der Waals surface area contributed by atoms with Gasteiger partial charge >= 0.3 is 0 Å². The van der Waals surface area contributed by atoms with Crippen LogP contribution in [0.4, 0.5) is 0 Å². The minimum absolute atomic E-state index is 0.109. The first kappa shape index (κ1) is 16.2. The number of nitrogens with zero attached hydrogens (tertiary/aromatic N) is 1. The summed E-state index contributed by atoms with van der Waals surface area (Å²) in [5.74, 6) is 0. The summed E-state index contributed by atoms with van der Waals surface area (Å²) in [5.41, 5.74) is 9.08. The lowest BCUT2D eigenvalue weighted by Crippen LogP contribution is -2.46. The molecule has 0 fully saturated rings. The molecular formula is C17H30N2. The van der Waals surface area contributed by atoms with Gasteiger partial charge in [-0.15, -0.1) is 0 Å². The molecule has 0 aliphatic rings. The largest absolute Gasteiger partial charge is 0.326 e. The van der Waals surface area contributed by atoms with Gasteiger partial charge in [0.15, 0.2) is 0 Å². The van der Waals surface area contributed by atoms with E-state index in [1.807, 2.05) is 0 Å². The number of benzene rings is 1. The van der Waals surface area contributed by atoms with Gasteiger partial charge in [-0.05, 0) is 38.8 Å². The van der Waals surface area contributed by atoms with Gasteiger partial charge in [-0.1, -0.05) is 50.6 Å². The van der Waals surface area contributed by atoms with Crippen molar-refractivity contribution in [3.05, 3.63) is 35.4 Å². The molecule has 108 valence electrons. The summed E-state index contributed by atoms with van der Waals surface area (Å²) in [5, 5.41) is 0. The van der Waals surface area contributed by atoms with Gasteiger partial charge in [-0.2, -0.15) is 0 Å². The molecule has 19 heavy (non-hydrogen) atoms. The Balaban J connectivity index is 3.04. The molecule has 0 radical (unpaired) electrons. The first-order valence-electron chi connectivity index (χ1n) is 7.18. The molecule has 3 unspecified atom stereocenters. The standard InChI is InChI=1S/C17H30N2/c1-12-8-10-15(11-9-12)16(13(2)18)19(7)14(3)17(4,5)6/h8-11,13-14,16H,18H2,1-7H3. The maximum absolute atomic E-state index is 6.25. The fourth-order valence-corrected chi connectivity index (χ4v) is 2.53. The second-order valence-electron chi connectivity index (χ2n) is 6.92. The molecule has 1 rings (SSSR count). The van der Waals surface area contributed by atoms with Crippen LogP contribution >= 0.6 is 0 Å². The fourth-order valence-electron chi connectivity index (χ4n) is 2.53. The average Bonchev–Trinajstić information content (AvgIpc) is 2.29. The molecular weight excluding hydrogens is 232 g/mol. The molecule has 0 saturated carbocycles. The molecule has 0 aromatic heterocycles. The number of hydrogen-bond donors (Lipinski definition) is 1. The van der Waals surface area contributed by atoms with Crippen LogP contribution in [0.25, 0.3) is 0 Å². The zero-order valence-corrected chi connectivity index (χ0v) is 13.6. The maximum Gasteiger partial charge on any atom is 0.0496 e. The molecule has 2 heteroatoms. The van der Waals surface area contributed by atoms with Crippen LogP contribution in [0.3, 0.4) is 0 Å². The lowest BCUT2D eigenvalue weighted by molar-refractivity contribution is 0.0867. The smallest absolute Gasteiger partial charge is 0.0496 e. The van der Waals surface area contributed by atoms with Crippen molar-refractivity contribution >= 4 is 0 Å². The van der Waals surface area contributed by atoms with E-state index in [9.17, 15) is 0 Å². The van der Waals surface area contributed by atoms with Crippen LogP contribution in [-0.4, -0.2) is 24.0 Å². The molecule has 0 aliphatic heterocycles. The number of rotatable bonds is 4. The van der Waals surface area contributed by atoms with E-state index in [-0.39, 0.29) is 17.5 Å². The zero-order valence-electron chi connectivity index (χ0n) is 13.6. The predicted molar refractivity (Wildman–Crippen MR) is 84.2 cm³/mol. The van der Waals surface area contributed by atoms with Gasteiger partial charge in [0.25, 0.3) is 0 Å². The SMILES string of the molecule is Cc1ccc(C(C(C)N)N(C)C(C)C(C)(C)C)cc1. The van der Waals surface area contributed by atoms with Gasteiger partial charge in [0.1, 0.15) is 0 Å². The number of nitrogens with two attached hydrogens (primary N) is 1. The van der Waals surface area contributed by atoms with Crippen molar-refractivity contribution < 1.29 is 0 Å². The molecule has 0 aliphatic carbocycles. The molecule has 2 N–H and O–H groups in total. The summed E-state index contributed by atoms with van der Waals surface area (Å²) >= 11 is 0. The van der Waals surface area contributed by atoms with Crippen molar-refractivity contribution in [1.29, 1.82) is 0 Å². The van der Waals surface area contributed by atoms with Crippen molar-refractivity contribution in [3.63, 3.8) is 0 Å². The molecule has 1 aromatic rings. The summed E-state index contributed by atoms with van der Waals surface area (Å²) in [6.45, 7) is 13.3. The van der Waals surface area contributed by atoms with E-state index in [0.717, 1.165) is 0 Å². The van der Waals surface area contributed by atoms with E-state index in [4.69, 9.17) is 5.73 Å². The van der Waals surface area contributed by atoms with Crippen LogP contribution in [-0.2, 0) is 0 Å². The van der Waals surface area contributed by atoms with E-state index in [1.165, 1.54) is 11.1 Å². The highest BCUT2D eigenvalue weighted by atomic mass is 15.2. The van der Waals surface area contributed by atoms with Gasteiger partial charge in [-0.3, -0.25) is 4.90 Å². The third-order valence-corrected chi connectivity index (χ3v) is 4.22. The maximum atomic E-state index is 6.25. The van der Waals surface area contributed by atoms with Gasteiger partial charge in [0.05, 0.1) is 0 Å². The fraction of sp³-hybridized carbons (Fsp3) is 0.647. The van der Waals surface area contributed by atoms with Crippen LogP contribution in [0, 0.1) is 12.3 Å². The number of aryl methyl sites for hydroxylation is 1. The Morgan fingerprint density at radius 1 is 1.05 bits per heavy atom. The van der Waals surface area contributed by atoms with Crippen molar-refractivity contribution in [2.45, 2.75) is 59.7 Å². The van der Waals surface area contributed by atoms with Crippen molar-refractivity contribution in [3.8, 4) is 0 Å². The highest BCUT2D eigenvalue weighted by molar-refractivity contribution is 5.25. The average molecular weight is 262 g/mol. The first-order valence-corrected chi connectivity index (χ1v) is 7.18. The van der Waals surface area contributed by atoms with E-state index >= 15 is 0 Å². The molecule has 0 amide bonds. The lowest BCUT2D eigenvalue weighted by Gasteiger charge is -2.42. The van der Waals surface area contributed by atoms with Crippen LogP contribution in [0.2, 0.25) is 0 Å². The highest BCUT2D eigenvalue weighted by Crippen LogP contribution is 2.31. The number of hydrogen-bond acceptors (Lipinski definition) is 2. The Labute approximate surface area is 119 Å². The second-order valence-corrected chi connectivity index (χ2v) is 6.92. The summed E-state index contributed by atoms with van der Waals surface area (Å²) < 4.78 is 0.